The highest BCUT2D eigenvalue weighted by atomic mass is 35.5. The molecule has 82 valence electrons. The van der Waals surface area contributed by atoms with Gasteiger partial charge in [0.25, 0.3) is 0 Å². The summed E-state index contributed by atoms with van der Waals surface area (Å²) < 4.78 is 0. The highest BCUT2D eigenvalue weighted by Crippen LogP contribution is 2.25. The second-order valence-electron chi connectivity index (χ2n) is 3.24. The summed E-state index contributed by atoms with van der Waals surface area (Å²) in [6, 6.07) is 5.35. The molecule has 1 unspecified atom stereocenters. The van der Waals surface area contributed by atoms with Gasteiger partial charge in [-0.25, -0.2) is 0 Å². The van der Waals surface area contributed by atoms with E-state index in [0.717, 1.165) is 5.56 Å². The maximum atomic E-state index is 10.6. The lowest BCUT2D eigenvalue weighted by molar-refractivity contribution is -0.117. The van der Waals surface area contributed by atoms with Crippen LogP contribution in [0.3, 0.4) is 0 Å². The molecule has 1 atom stereocenters. The van der Waals surface area contributed by atoms with Gasteiger partial charge in [0.15, 0.2) is 0 Å². The van der Waals surface area contributed by atoms with Crippen molar-refractivity contribution in [2.24, 2.45) is 5.73 Å². The Morgan fingerprint density at radius 2 is 2.13 bits per heavy atom. The third-order valence-corrected chi connectivity index (χ3v) is 2.77. The van der Waals surface area contributed by atoms with Crippen molar-refractivity contribution < 1.29 is 4.79 Å². The molecule has 0 saturated carbocycles. The van der Waals surface area contributed by atoms with Gasteiger partial charge in [-0.1, -0.05) is 29.3 Å². The molecule has 0 spiro atoms. The van der Waals surface area contributed by atoms with Gasteiger partial charge in [0.05, 0.1) is 16.6 Å². The summed E-state index contributed by atoms with van der Waals surface area (Å²) in [4.78, 5) is 10.6. The molecule has 0 aliphatic heterocycles. The van der Waals surface area contributed by atoms with Crippen molar-refractivity contribution in [3.63, 3.8) is 0 Å². The molecule has 0 heterocycles. The number of rotatable bonds is 4. The third kappa shape index (κ3) is 3.70. The predicted octanol–water partition coefficient (Wildman–Crippen LogP) is 2.13. The summed E-state index contributed by atoms with van der Waals surface area (Å²) in [6.45, 7) is 2.06. The van der Waals surface area contributed by atoms with Crippen LogP contribution in [-0.4, -0.2) is 12.5 Å². The second-order valence-corrected chi connectivity index (χ2v) is 4.06. The first-order valence-corrected chi connectivity index (χ1v) is 5.23. The van der Waals surface area contributed by atoms with Crippen LogP contribution in [0.4, 0.5) is 0 Å². The van der Waals surface area contributed by atoms with Gasteiger partial charge in [0.1, 0.15) is 0 Å². The quantitative estimate of drug-likeness (QED) is 0.856. The minimum atomic E-state index is -0.387. The fourth-order valence-corrected chi connectivity index (χ4v) is 1.46. The van der Waals surface area contributed by atoms with Crippen molar-refractivity contribution in [3.05, 3.63) is 33.8 Å². The fraction of sp³-hybridized carbons (Fsp3) is 0.300. The average Bonchev–Trinajstić information content (AvgIpc) is 2.18. The molecular weight excluding hydrogens is 235 g/mol. The first-order chi connectivity index (χ1) is 7.00. The monoisotopic (exact) mass is 246 g/mol. The van der Waals surface area contributed by atoms with Crippen molar-refractivity contribution >= 4 is 29.1 Å². The zero-order valence-electron chi connectivity index (χ0n) is 8.26. The standard InChI is InChI=1S/C10H12Cl2N2O/c1-6(14-5-10(13)15)7-2-3-8(11)9(12)4-7/h2-4,6,14H,5H2,1H3,(H2,13,15). The van der Waals surface area contributed by atoms with Gasteiger partial charge in [-0.3, -0.25) is 4.79 Å². The first-order valence-electron chi connectivity index (χ1n) is 4.47. The number of nitrogens with two attached hydrogens (primary N) is 1. The Labute approximate surface area is 98.5 Å². The zero-order valence-corrected chi connectivity index (χ0v) is 9.77. The van der Waals surface area contributed by atoms with Gasteiger partial charge in [-0.15, -0.1) is 0 Å². The van der Waals surface area contributed by atoms with Crippen LogP contribution in [-0.2, 0) is 4.79 Å². The summed E-state index contributed by atoms with van der Waals surface area (Å²) in [6.07, 6.45) is 0. The summed E-state index contributed by atoms with van der Waals surface area (Å²) in [5.41, 5.74) is 5.99. The van der Waals surface area contributed by atoms with Gasteiger partial charge in [-0.2, -0.15) is 0 Å². The van der Waals surface area contributed by atoms with Crippen molar-refractivity contribution in [3.8, 4) is 0 Å². The number of hydrogen-bond acceptors (Lipinski definition) is 2. The van der Waals surface area contributed by atoms with E-state index >= 15 is 0 Å². The molecule has 3 nitrogen and oxygen atoms in total. The van der Waals surface area contributed by atoms with E-state index in [1.165, 1.54) is 0 Å². The molecule has 0 aliphatic carbocycles. The van der Waals surface area contributed by atoms with Crippen LogP contribution in [0.25, 0.3) is 0 Å². The van der Waals surface area contributed by atoms with E-state index in [1.54, 1.807) is 12.1 Å². The molecule has 1 aromatic carbocycles. The van der Waals surface area contributed by atoms with E-state index in [1.807, 2.05) is 13.0 Å². The van der Waals surface area contributed by atoms with Crippen LogP contribution in [0.5, 0.6) is 0 Å². The van der Waals surface area contributed by atoms with Gasteiger partial charge >= 0.3 is 0 Å². The highest BCUT2D eigenvalue weighted by Gasteiger charge is 2.07. The molecule has 5 heteroatoms. The number of nitrogens with one attached hydrogen (secondary N) is 1. The van der Waals surface area contributed by atoms with Crippen LogP contribution in [0, 0.1) is 0 Å². The molecule has 0 bridgehead atoms. The number of primary amides is 1. The van der Waals surface area contributed by atoms with Crippen molar-refractivity contribution in [2.75, 3.05) is 6.54 Å². The minimum Gasteiger partial charge on any atom is -0.369 e. The summed E-state index contributed by atoms with van der Waals surface area (Å²) in [5, 5.41) is 3.99. The van der Waals surface area contributed by atoms with Crippen LogP contribution >= 0.6 is 23.2 Å². The van der Waals surface area contributed by atoms with Gasteiger partial charge < -0.3 is 11.1 Å². The Kier molecular flexibility index (Phi) is 4.39. The highest BCUT2D eigenvalue weighted by molar-refractivity contribution is 6.42. The summed E-state index contributed by atoms with van der Waals surface area (Å²) in [5.74, 6) is -0.387. The van der Waals surface area contributed by atoms with E-state index < -0.39 is 0 Å². The largest absolute Gasteiger partial charge is 0.369 e. The lowest BCUT2D eigenvalue weighted by Crippen LogP contribution is -2.30. The van der Waals surface area contributed by atoms with Crippen molar-refractivity contribution in [1.29, 1.82) is 0 Å². The zero-order chi connectivity index (χ0) is 11.4. The van der Waals surface area contributed by atoms with Crippen molar-refractivity contribution in [1.82, 2.24) is 5.32 Å². The minimum absolute atomic E-state index is 0.00673. The molecular formula is C10H12Cl2N2O. The number of carbonyl (C=O) groups is 1. The smallest absolute Gasteiger partial charge is 0.231 e. The normalized spacial score (nSPS) is 12.5. The van der Waals surface area contributed by atoms with E-state index in [0.29, 0.717) is 10.0 Å². The Hall–Kier alpha value is -0.770. The Bertz CT molecular complexity index is 368. The molecule has 1 rings (SSSR count). The topological polar surface area (TPSA) is 55.1 Å². The van der Waals surface area contributed by atoms with Gasteiger partial charge in [-0.05, 0) is 24.6 Å². The number of halogens is 2. The van der Waals surface area contributed by atoms with E-state index in [-0.39, 0.29) is 18.5 Å². The van der Waals surface area contributed by atoms with Crippen LogP contribution < -0.4 is 11.1 Å². The molecule has 0 saturated heterocycles. The van der Waals surface area contributed by atoms with Crippen LogP contribution in [0.2, 0.25) is 10.0 Å². The summed E-state index contributed by atoms with van der Waals surface area (Å²) in [7, 11) is 0. The van der Waals surface area contributed by atoms with E-state index in [2.05, 4.69) is 5.32 Å². The Balaban J connectivity index is 2.69. The molecule has 3 N–H and O–H groups in total. The second kappa shape index (κ2) is 5.35. The molecule has 0 radical (unpaired) electrons. The Morgan fingerprint density at radius 1 is 1.47 bits per heavy atom. The number of carbonyl (C=O) groups excluding carboxylic acids is 1. The van der Waals surface area contributed by atoms with Gasteiger partial charge in [0, 0.05) is 6.04 Å². The van der Waals surface area contributed by atoms with E-state index in [4.69, 9.17) is 28.9 Å². The lowest BCUT2D eigenvalue weighted by Gasteiger charge is -2.13. The number of benzene rings is 1. The molecule has 0 fully saturated rings. The maximum absolute atomic E-state index is 10.6. The predicted molar refractivity (Wildman–Crippen MR) is 62.1 cm³/mol. The molecule has 0 aromatic heterocycles. The summed E-state index contributed by atoms with van der Waals surface area (Å²) >= 11 is 11.7. The number of amides is 1. The first kappa shape index (κ1) is 12.3. The fourth-order valence-electron chi connectivity index (χ4n) is 1.15. The third-order valence-electron chi connectivity index (χ3n) is 2.03. The van der Waals surface area contributed by atoms with Gasteiger partial charge in [0.2, 0.25) is 5.91 Å². The molecule has 1 amide bonds. The molecule has 1 aromatic rings. The lowest BCUT2D eigenvalue weighted by atomic mass is 10.1. The van der Waals surface area contributed by atoms with Crippen LogP contribution in [0.15, 0.2) is 18.2 Å². The SMILES string of the molecule is CC(NCC(N)=O)c1ccc(Cl)c(Cl)c1. The molecule has 0 aliphatic rings. The maximum Gasteiger partial charge on any atom is 0.231 e. The van der Waals surface area contributed by atoms with Crippen molar-refractivity contribution in [2.45, 2.75) is 13.0 Å². The van der Waals surface area contributed by atoms with E-state index in [9.17, 15) is 4.79 Å². The number of hydrogen-bond donors (Lipinski definition) is 2. The molecule has 15 heavy (non-hydrogen) atoms. The Morgan fingerprint density at radius 3 is 2.67 bits per heavy atom. The van der Waals surface area contributed by atoms with Crippen LogP contribution in [0.1, 0.15) is 18.5 Å². The average molecular weight is 247 g/mol.